The lowest BCUT2D eigenvalue weighted by atomic mass is 10.0. The van der Waals surface area contributed by atoms with E-state index in [1.165, 1.54) is 10.7 Å². The average molecular weight is 389 g/mol. The quantitative estimate of drug-likeness (QED) is 0.851. The Kier molecular flexibility index (Phi) is 4.88. The third kappa shape index (κ3) is 3.57. The maximum atomic E-state index is 12.9. The minimum atomic E-state index is -1.12. The third-order valence-electron chi connectivity index (χ3n) is 5.32. The molecule has 0 spiro atoms. The van der Waals surface area contributed by atoms with Gasteiger partial charge in [0.25, 0.3) is 5.91 Å². The number of carbonyl (C=O) groups is 2. The number of amides is 1. The number of nitrogens with zero attached hydrogens (tertiary/aromatic N) is 4. The Morgan fingerprint density at radius 3 is 2.52 bits per heavy atom. The van der Waals surface area contributed by atoms with Gasteiger partial charge >= 0.3 is 5.97 Å². The molecule has 1 saturated heterocycles. The van der Waals surface area contributed by atoms with E-state index < -0.39 is 5.97 Å². The lowest BCUT2D eigenvalue weighted by molar-refractivity contribution is 0.0626. The fraction of sp³-hybridized carbons (Fsp3) is 0.421. The second-order valence-electron chi connectivity index (χ2n) is 7.00. The number of carboxylic acids is 1. The number of likely N-dealkylation sites (tertiary alicyclic amines) is 1. The Morgan fingerprint density at radius 1 is 1.15 bits per heavy atom. The molecule has 1 aromatic carbocycles. The number of aromatic nitrogens is 2. The number of carbonyl (C=O) groups excluding carboxylic acids is 1. The summed E-state index contributed by atoms with van der Waals surface area (Å²) in [5, 5.41) is 13.8. The van der Waals surface area contributed by atoms with Crippen LogP contribution in [-0.4, -0.2) is 62.7 Å². The first-order valence-electron chi connectivity index (χ1n) is 9.13. The number of rotatable bonds is 5. The van der Waals surface area contributed by atoms with Crippen molar-refractivity contribution < 1.29 is 14.7 Å². The number of hydrogen-bond donors (Lipinski definition) is 1. The van der Waals surface area contributed by atoms with Gasteiger partial charge < -0.3 is 10.0 Å². The van der Waals surface area contributed by atoms with Gasteiger partial charge in [-0.05, 0) is 43.6 Å². The van der Waals surface area contributed by atoms with Crippen molar-refractivity contribution in [1.82, 2.24) is 19.6 Å². The van der Waals surface area contributed by atoms with E-state index in [-0.39, 0.29) is 17.6 Å². The van der Waals surface area contributed by atoms with Crippen LogP contribution in [0.25, 0.3) is 0 Å². The van der Waals surface area contributed by atoms with Crippen molar-refractivity contribution in [3.8, 4) is 0 Å². The zero-order chi connectivity index (χ0) is 19.0. The summed E-state index contributed by atoms with van der Waals surface area (Å²) >= 11 is 6.04. The zero-order valence-corrected chi connectivity index (χ0v) is 15.6. The van der Waals surface area contributed by atoms with Gasteiger partial charge in [-0.1, -0.05) is 23.7 Å². The lowest BCUT2D eigenvalue weighted by Gasteiger charge is -2.35. The van der Waals surface area contributed by atoms with E-state index in [9.17, 15) is 9.59 Å². The molecule has 2 aliphatic heterocycles. The first kappa shape index (κ1) is 18.0. The van der Waals surface area contributed by atoms with E-state index in [0.717, 1.165) is 31.5 Å². The van der Waals surface area contributed by atoms with Crippen molar-refractivity contribution in [2.24, 2.45) is 0 Å². The van der Waals surface area contributed by atoms with Gasteiger partial charge in [-0.2, -0.15) is 5.10 Å². The number of hydrogen-bond acceptors (Lipinski definition) is 4. The monoisotopic (exact) mass is 388 g/mol. The first-order valence-corrected chi connectivity index (χ1v) is 9.50. The molecule has 8 heteroatoms. The van der Waals surface area contributed by atoms with Crippen LogP contribution < -0.4 is 0 Å². The van der Waals surface area contributed by atoms with Gasteiger partial charge in [-0.25, -0.2) is 4.79 Å². The van der Waals surface area contributed by atoms with E-state index in [4.69, 9.17) is 16.7 Å². The number of fused-ring (bicyclic) bond motifs is 1. The van der Waals surface area contributed by atoms with Crippen LogP contribution in [0, 0.1) is 0 Å². The highest BCUT2D eigenvalue weighted by atomic mass is 35.5. The Morgan fingerprint density at radius 2 is 1.85 bits per heavy atom. The predicted octanol–water partition coefficient (Wildman–Crippen LogP) is 2.53. The molecule has 1 unspecified atom stereocenters. The molecule has 1 N–H and O–H groups in total. The number of halogens is 1. The van der Waals surface area contributed by atoms with E-state index in [0.29, 0.717) is 30.4 Å². The largest absolute Gasteiger partial charge is 0.476 e. The van der Waals surface area contributed by atoms with Crippen molar-refractivity contribution >= 4 is 23.5 Å². The molecule has 0 bridgehead atoms. The molecule has 1 atom stereocenters. The van der Waals surface area contributed by atoms with Gasteiger partial charge in [-0.15, -0.1) is 0 Å². The SMILES string of the molecule is O=C(O)c1cc2n(n1)CCN(CC(c1ccc(Cl)cc1)N1CCCC1)C2=O. The van der Waals surface area contributed by atoms with Crippen molar-refractivity contribution in [1.29, 1.82) is 0 Å². The predicted molar refractivity (Wildman–Crippen MR) is 100 cm³/mol. The Bertz CT molecular complexity index is 858. The molecule has 3 heterocycles. The molecule has 1 aromatic heterocycles. The Hall–Kier alpha value is -2.38. The summed E-state index contributed by atoms with van der Waals surface area (Å²) in [6, 6.07) is 9.27. The van der Waals surface area contributed by atoms with E-state index in [2.05, 4.69) is 10.00 Å². The standard InChI is InChI=1S/C19H21ClN4O3/c20-14-5-3-13(4-6-14)17(22-7-1-2-8-22)12-23-9-10-24-16(18(23)25)11-15(21-24)19(26)27/h3-6,11,17H,1-2,7-10,12H2,(H,26,27). The van der Waals surface area contributed by atoms with Gasteiger partial charge in [0, 0.05) is 24.2 Å². The minimum Gasteiger partial charge on any atom is -0.476 e. The Balaban J connectivity index is 1.58. The molecule has 27 heavy (non-hydrogen) atoms. The van der Waals surface area contributed by atoms with Crippen molar-refractivity contribution in [2.75, 3.05) is 26.2 Å². The van der Waals surface area contributed by atoms with Gasteiger partial charge in [0.05, 0.1) is 12.6 Å². The second-order valence-corrected chi connectivity index (χ2v) is 7.44. The zero-order valence-electron chi connectivity index (χ0n) is 14.8. The van der Waals surface area contributed by atoms with Crippen LogP contribution in [0.4, 0.5) is 0 Å². The van der Waals surface area contributed by atoms with Crippen LogP contribution in [0.5, 0.6) is 0 Å². The molecular weight excluding hydrogens is 368 g/mol. The molecule has 0 saturated carbocycles. The van der Waals surface area contributed by atoms with Crippen LogP contribution in [0.15, 0.2) is 30.3 Å². The van der Waals surface area contributed by atoms with Gasteiger partial charge in [-0.3, -0.25) is 14.4 Å². The summed E-state index contributed by atoms with van der Waals surface area (Å²) in [6.07, 6.45) is 2.32. The first-order chi connectivity index (χ1) is 13.0. The molecule has 142 valence electrons. The van der Waals surface area contributed by atoms with Crippen LogP contribution >= 0.6 is 11.6 Å². The lowest BCUT2D eigenvalue weighted by Crippen LogP contribution is -2.45. The molecule has 2 aliphatic rings. The number of aromatic carboxylic acids is 1. The van der Waals surface area contributed by atoms with Crippen LogP contribution in [0.1, 0.15) is 45.4 Å². The van der Waals surface area contributed by atoms with Crippen molar-refractivity contribution in [2.45, 2.75) is 25.4 Å². The molecule has 1 amide bonds. The third-order valence-corrected chi connectivity index (χ3v) is 5.57. The summed E-state index contributed by atoms with van der Waals surface area (Å²) in [6.45, 7) is 3.60. The van der Waals surface area contributed by atoms with E-state index in [1.807, 2.05) is 24.3 Å². The summed E-state index contributed by atoms with van der Waals surface area (Å²) in [5.74, 6) is -1.29. The van der Waals surface area contributed by atoms with E-state index in [1.54, 1.807) is 4.90 Å². The van der Waals surface area contributed by atoms with Gasteiger partial charge in [0.1, 0.15) is 5.69 Å². The maximum Gasteiger partial charge on any atom is 0.356 e. The second kappa shape index (κ2) is 7.32. The van der Waals surface area contributed by atoms with Gasteiger partial charge in [0.15, 0.2) is 5.69 Å². The smallest absolute Gasteiger partial charge is 0.356 e. The molecule has 1 fully saturated rings. The van der Waals surface area contributed by atoms with Crippen LogP contribution in [0.2, 0.25) is 5.02 Å². The van der Waals surface area contributed by atoms with Crippen molar-refractivity contribution in [3.63, 3.8) is 0 Å². The van der Waals surface area contributed by atoms with Crippen LogP contribution in [-0.2, 0) is 6.54 Å². The molecule has 7 nitrogen and oxygen atoms in total. The molecular formula is C19H21ClN4O3. The fourth-order valence-electron chi connectivity index (χ4n) is 3.90. The van der Waals surface area contributed by atoms with E-state index >= 15 is 0 Å². The summed E-state index contributed by atoms with van der Waals surface area (Å²) < 4.78 is 1.50. The highest BCUT2D eigenvalue weighted by molar-refractivity contribution is 6.30. The number of benzene rings is 1. The normalized spacial score (nSPS) is 18.6. The summed E-state index contributed by atoms with van der Waals surface area (Å²) in [4.78, 5) is 28.3. The highest BCUT2D eigenvalue weighted by Gasteiger charge is 2.32. The molecule has 4 rings (SSSR count). The highest BCUT2D eigenvalue weighted by Crippen LogP contribution is 2.28. The van der Waals surface area contributed by atoms with Crippen molar-refractivity contribution in [3.05, 3.63) is 52.3 Å². The van der Waals surface area contributed by atoms with Crippen LogP contribution in [0.3, 0.4) is 0 Å². The Labute approximate surface area is 162 Å². The minimum absolute atomic E-state index is 0.0889. The summed E-state index contributed by atoms with van der Waals surface area (Å²) in [7, 11) is 0. The maximum absolute atomic E-state index is 12.9. The number of carboxylic acid groups (broad SMARTS) is 1. The topological polar surface area (TPSA) is 78.7 Å². The summed E-state index contributed by atoms with van der Waals surface area (Å²) in [5.41, 5.74) is 1.39. The fourth-order valence-corrected chi connectivity index (χ4v) is 4.02. The van der Waals surface area contributed by atoms with Gasteiger partial charge in [0.2, 0.25) is 0 Å². The average Bonchev–Trinajstić information content (AvgIpc) is 3.32. The molecule has 0 radical (unpaired) electrons. The molecule has 2 aromatic rings. The molecule has 0 aliphatic carbocycles.